The largest absolute Gasteiger partial charge is 0.493 e. The van der Waals surface area contributed by atoms with Crippen molar-refractivity contribution in [2.24, 2.45) is 5.92 Å². The molecule has 0 spiro atoms. The molecule has 2 unspecified atom stereocenters. The summed E-state index contributed by atoms with van der Waals surface area (Å²) in [5, 5.41) is 8.17. The van der Waals surface area contributed by atoms with Gasteiger partial charge in [0.15, 0.2) is 5.75 Å². The van der Waals surface area contributed by atoms with Crippen LogP contribution in [0.1, 0.15) is 64.0 Å². The van der Waals surface area contributed by atoms with E-state index in [1.807, 2.05) is 6.20 Å². The zero-order chi connectivity index (χ0) is 15.1. The monoisotopic (exact) mass is 293 g/mol. The molecule has 1 aromatic rings. The van der Waals surface area contributed by atoms with Crippen molar-refractivity contribution in [3.05, 3.63) is 11.9 Å². The van der Waals surface area contributed by atoms with Crippen LogP contribution < -0.4 is 10.1 Å². The SMILES string of the molecule is CCCNCC1CCCCC1c1c(OC)cnn1CCC. The molecule has 1 N–H and O–H groups in total. The molecule has 1 aromatic heterocycles. The Bertz CT molecular complexity index is 416. The Balaban J connectivity index is 2.17. The molecule has 0 aliphatic heterocycles. The van der Waals surface area contributed by atoms with Crippen LogP contribution in [0, 0.1) is 5.92 Å². The van der Waals surface area contributed by atoms with Gasteiger partial charge in [-0.25, -0.2) is 0 Å². The summed E-state index contributed by atoms with van der Waals surface area (Å²) in [6.07, 6.45) is 9.49. The van der Waals surface area contributed by atoms with Gasteiger partial charge in [-0.15, -0.1) is 0 Å². The Morgan fingerprint density at radius 2 is 2.10 bits per heavy atom. The van der Waals surface area contributed by atoms with Crippen molar-refractivity contribution in [1.82, 2.24) is 15.1 Å². The lowest BCUT2D eigenvalue weighted by atomic mass is 9.77. The van der Waals surface area contributed by atoms with Crippen LogP contribution in [0.2, 0.25) is 0 Å². The maximum atomic E-state index is 5.60. The van der Waals surface area contributed by atoms with Crippen molar-refractivity contribution >= 4 is 0 Å². The molecule has 1 aliphatic rings. The summed E-state index contributed by atoms with van der Waals surface area (Å²) in [7, 11) is 1.77. The van der Waals surface area contributed by atoms with Crippen LogP contribution in [0.25, 0.3) is 0 Å². The van der Waals surface area contributed by atoms with Crippen LogP contribution >= 0.6 is 0 Å². The Hall–Kier alpha value is -1.03. The molecule has 0 saturated heterocycles. The third-order valence-electron chi connectivity index (χ3n) is 4.59. The number of nitrogens with one attached hydrogen (secondary N) is 1. The number of rotatable bonds is 8. The van der Waals surface area contributed by atoms with E-state index in [0.29, 0.717) is 11.8 Å². The average molecular weight is 293 g/mol. The lowest BCUT2D eigenvalue weighted by Gasteiger charge is -2.32. The minimum Gasteiger partial charge on any atom is -0.493 e. The smallest absolute Gasteiger partial charge is 0.160 e. The van der Waals surface area contributed by atoms with E-state index in [9.17, 15) is 0 Å². The van der Waals surface area contributed by atoms with Gasteiger partial charge in [-0.05, 0) is 44.7 Å². The molecule has 120 valence electrons. The van der Waals surface area contributed by atoms with Gasteiger partial charge in [-0.3, -0.25) is 4.68 Å². The van der Waals surface area contributed by atoms with Crippen molar-refractivity contribution in [2.45, 2.75) is 64.8 Å². The molecule has 0 aromatic carbocycles. The van der Waals surface area contributed by atoms with E-state index in [0.717, 1.165) is 31.8 Å². The number of aromatic nitrogens is 2. The van der Waals surface area contributed by atoms with Crippen LogP contribution in [0.15, 0.2) is 6.20 Å². The quantitative estimate of drug-likeness (QED) is 0.745. The van der Waals surface area contributed by atoms with Gasteiger partial charge in [-0.2, -0.15) is 5.10 Å². The van der Waals surface area contributed by atoms with E-state index >= 15 is 0 Å². The molecule has 0 bridgehead atoms. The molecule has 1 aliphatic carbocycles. The third kappa shape index (κ3) is 4.00. The second-order valence-electron chi connectivity index (χ2n) is 6.18. The fraction of sp³-hybridized carbons (Fsp3) is 0.824. The van der Waals surface area contributed by atoms with Crippen LogP contribution in [0.5, 0.6) is 5.75 Å². The molecule has 4 heteroatoms. The summed E-state index contributed by atoms with van der Waals surface area (Å²) < 4.78 is 7.78. The van der Waals surface area contributed by atoms with Crippen molar-refractivity contribution < 1.29 is 4.74 Å². The number of methoxy groups -OCH3 is 1. The molecule has 0 amide bonds. The van der Waals surface area contributed by atoms with Gasteiger partial charge in [0.2, 0.25) is 0 Å². The highest BCUT2D eigenvalue weighted by Gasteiger charge is 2.31. The average Bonchev–Trinajstić information content (AvgIpc) is 2.91. The van der Waals surface area contributed by atoms with E-state index in [2.05, 4.69) is 28.9 Å². The highest BCUT2D eigenvalue weighted by Crippen LogP contribution is 2.41. The van der Waals surface area contributed by atoms with Crippen molar-refractivity contribution in [3.63, 3.8) is 0 Å². The van der Waals surface area contributed by atoms with Gasteiger partial charge in [0, 0.05) is 12.5 Å². The standard InChI is InChI=1S/C17H31N3O/c1-4-10-18-12-14-8-6-7-9-15(14)17-16(21-3)13-19-20(17)11-5-2/h13-15,18H,4-12H2,1-3H3. The van der Waals surface area contributed by atoms with E-state index < -0.39 is 0 Å². The fourth-order valence-corrected chi connectivity index (χ4v) is 3.58. The molecule has 1 heterocycles. The molecule has 1 fully saturated rings. The van der Waals surface area contributed by atoms with E-state index in [4.69, 9.17) is 4.74 Å². The van der Waals surface area contributed by atoms with E-state index in [-0.39, 0.29) is 0 Å². The summed E-state index contributed by atoms with van der Waals surface area (Å²) in [6, 6.07) is 0. The summed E-state index contributed by atoms with van der Waals surface area (Å²) in [5.74, 6) is 2.29. The Morgan fingerprint density at radius 1 is 1.29 bits per heavy atom. The van der Waals surface area contributed by atoms with Gasteiger partial charge >= 0.3 is 0 Å². The second-order valence-corrected chi connectivity index (χ2v) is 6.18. The first-order chi connectivity index (χ1) is 10.3. The number of ether oxygens (including phenoxy) is 1. The normalized spacial score (nSPS) is 22.4. The molecule has 2 rings (SSSR count). The molecule has 4 nitrogen and oxygen atoms in total. The van der Waals surface area contributed by atoms with Gasteiger partial charge in [-0.1, -0.05) is 26.7 Å². The minimum atomic E-state index is 0.590. The van der Waals surface area contributed by atoms with Crippen molar-refractivity contribution in [3.8, 4) is 5.75 Å². The first-order valence-corrected chi connectivity index (χ1v) is 8.62. The van der Waals surface area contributed by atoms with Crippen LogP contribution in [-0.4, -0.2) is 30.0 Å². The summed E-state index contributed by atoms with van der Waals surface area (Å²) >= 11 is 0. The fourth-order valence-electron chi connectivity index (χ4n) is 3.58. The molecular weight excluding hydrogens is 262 g/mol. The molecule has 0 radical (unpaired) electrons. The highest BCUT2D eigenvalue weighted by atomic mass is 16.5. The Kier molecular flexibility index (Phi) is 6.55. The second kappa shape index (κ2) is 8.42. The topological polar surface area (TPSA) is 39.1 Å². The first-order valence-electron chi connectivity index (χ1n) is 8.62. The predicted molar refractivity (Wildman–Crippen MR) is 86.9 cm³/mol. The predicted octanol–water partition coefficient (Wildman–Crippen LogP) is 3.58. The zero-order valence-corrected chi connectivity index (χ0v) is 13.9. The molecular formula is C17H31N3O. The third-order valence-corrected chi connectivity index (χ3v) is 4.59. The van der Waals surface area contributed by atoms with Gasteiger partial charge in [0.25, 0.3) is 0 Å². The Morgan fingerprint density at radius 3 is 2.81 bits per heavy atom. The zero-order valence-electron chi connectivity index (χ0n) is 13.9. The van der Waals surface area contributed by atoms with Gasteiger partial charge < -0.3 is 10.1 Å². The summed E-state index contributed by atoms with van der Waals surface area (Å²) in [5.41, 5.74) is 1.34. The van der Waals surface area contributed by atoms with E-state index in [1.165, 1.54) is 37.8 Å². The number of hydrogen-bond donors (Lipinski definition) is 1. The van der Waals surface area contributed by atoms with E-state index in [1.54, 1.807) is 7.11 Å². The van der Waals surface area contributed by atoms with Crippen molar-refractivity contribution in [2.75, 3.05) is 20.2 Å². The summed E-state index contributed by atoms with van der Waals surface area (Å²) in [6.45, 7) is 7.67. The molecule has 1 saturated carbocycles. The summed E-state index contributed by atoms with van der Waals surface area (Å²) in [4.78, 5) is 0. The number of aryl methyl sites for hydroxylation is 1. The lowest BCUT2D eigenvalue weighted by Crippen LogP contribution is -2.31. The first kappa shape index (κ1) is 16.3. The van der Waals surface area contributed by atoms with Crippen LogP contribution in [0.3, 0.4) is 0 Å². The van der Waals surface area contributed by atoms with Crippen LogP contribution in [-0.2, 0) is 6.54 Å². The molecule has 2 atom stereocenters. The number of nitrogens with zero attached hydrogens (tertiary/aromatic N) is 2. The minimum absolute atomic E-state index is 0.590. The Labute approximate surface area is 129 Å². The van der Waals surface area contributed by atoms with Gasteiger partial charge in [0.05, 0.1) is 19.0 Å². The maximum Gasteiger partial charge on any atom is 0.160 e. The number of hydrogen-bond acceptors (Lipinski definition) is 3. The van der Waals surface area contributed by atoms with Crippen molar-refractivity contribution in [1.29, 1.82) is 0 Å². The molecule has 21 heavy (non-hydrogen) atoms. The highest BCUT2D eigenvalue weighted by molar-refractivity contribution is 5.30. The lowest BCUT2D eigenvalue weighted by molar-refractivity contribution is 0.275. The maximum absolute atomic E-state index is 5.60. The van der Waals surface area contributed by atoms with Gasteiger partial charge in [0.1, 0.15) is 0 Å². The van der Waals surface area contributed by atoms with Crippen LogP contribution in [0.4, 0.5) is 0 Å².